The number of benzene rings is 1. The fraction of sp³-hybridized carbons (Fsp3) is 0.588. The van der Waals surface area contributed by atoms with Gasteiger partial charge in [-0.2, -0.15) is 0 Å². The molecule has 102 valence electrons. The van der Waals surface area contributed by atoms with E-state index in [0.29, 0.717) is 11.8 Å². The molecule has 3 rings (SSSR count). The lowest BCUT2D eigenvalue weighted by Gasteiger charge is -2.50. The van der Waals surface area contributed by atoms with Gasteiger partial charge in [-0.15, -0.1) is 0 Å². The first-order valence-electron chi connectivity index (χ1n) is 7.51. The molecule has 0 N–H and O–H groups in total. The smallest absolute Gasteiger partial charge is 0.140 e. The Morgan fingerprint density at radius 1 is 1.26 bits per heavy atom. The van der Waals surface area contributed by atoms with Gasteiger partial charge in [0, 0.05) is 24.4 Å². The van der Waals surface area contributed by atoms with Crippen LogP contribution in [0.4, 0.5) is 0 Å². The van der Waals surface area contributed by atoms with E-state index in [9.17, 15) is 4.79 Å². The quantitative estimate of drug-likeness (QED) is 0.809. The van der Waals surface area contributed by atoms with Gasteiger partial charge in [-0.1, -0.05) is 37.3 Å². The third kappa shape index (κ3) is 2.34. The van der Waals surface area contributed by atoms with Crippen molar-refractivity contribution in [3.8, 4) is 0 Å². The number of nitrogens with zero attached hydrogens (tertiary/aromatic N) is 1. The average Bonchev–Trinajstić information content (AvgIpc) is 2.42. The second-order valence-corrected chi connectivity index (χ2v) is 6.31. The number of rotatable bonds is 2. The molecule has 2 aliphatic rings. The monoisotopic (exact) mass is 257 g/mol. The zero-order valence-electron chi connectivity index (χ0n) is 11.8. The summed E-state index contributed by atoms with van der Waals surface area (Å²) in [5.74, 6) is 0.501. The third-order valence-electron chi connectivity index (χ3n) is 5.06. The second kappa shape index (κ2) is 5.09. The van der Waals surface area contributed by atoms with Gasteiger partial charge in [0.1, 0.15) is 5.78 Å². The number of likely N-dealkylation sites (tertiary alicyclic amines) is 1. The van der Waals surface area contributed by atoms with Crippen molar-refractivity contribution in [2.75, 3.05) is 6.54 Å². The maximum atomic E-state index is 12.3. The number of Topliss-reactive ketones (excluding diaryl/α,β-unsaturated/α-hetero) is 1. The van der Waals surface area contributed by atoms with Crippen molar-refractivity contribution in [3.05, 3.63) is 35.9 Å². The van der Waals surface area contributed by atoms with Crippen molar-refractivity contribution in [1.29, 1.82) is 0 Å². The fourth-order valence-electron chi connectivity index (χ4n) is 3.95. The topological polar surface area (TPSA) is 20.3 Å². The Morgan fingerprint density at radius 3 is 2.84 bits per heavy atom. The fourth-order valence-corrected chi connectivity index (χ4v) is 3.95. The Labute approximate surface area is 115 Å². The summed E-state index contributed by atoms with van der Waals surface area (Å²) in [5, 5.41) is 0. The Morgan fingerprint density at radius 2 is 2.05 bits per heavy atom. The predicted octanol–water partition coefficient (Wildman–Crippen LogP) is 3.41. The number of hydrogen-bond acceptors (Lipinski definition) is 2. The van der Waals surface area contributed by atoms with Crippen molar-refractivity contribution in [2.24, 2.45) is 5.41 Å². The first-order chi connectivity index (χ1) is 9.20. The van der Waals surface area contributed by atoms with Crippen molar-refractivity contribution in [1.82, 2.24) is 4.90 Å². The van der Waals surface area contributed by atoms with Gasteiger partial charge in [-0.25, -0.2) is 0 Å². The van der Waals surface area contributed by atoms with Gasteiger partial charge >= 0.3 is 0 Å². The van der Waals surface area contributed by atoms with E-state index in [2.05, 4.69) is 42.2 Å². The maximum absolute atomic E-state index is 12.3. The van der Waals surface area contributed by atoms with Crippen LogP contribution in [0, 0.1) is 5.41 Å². The minimum Gasteiger partial charge on any atom is -0.299 e. The maximum Gasteiger partial charge on any atom is 0.140 e. The Bertz CT molecular complexity index is 456. The minimum atomic E-state index is -0.0781. The normalized spacial score (nSPS) is 32.1. The molecule has 1 heterocycles. The van der Waals surface area contributed by atoms with Crippen molar-refractivity contribution < 1.29 is 4.79 Å². The van der Waals surface area contributed by atoms with Crippen molar-refractivity contribution in [3.63, 3.8) is 0 Å². The average molecular weight is 257 g/mol. The number of ketones is 1. The molecule has 0 amide bonds. The summed E-state index contributed by atoms with van der Waals surface area (Å²) in [6.07, 6.45) is 5.30. The van der Waals surface area contributed by atoms with E-state index in [4.69, 9.17) is 0 Å². The van der Waals surface area contributed by atoms with Crippen LogP contribution in [0.15, 0.2) is 30.3 Å². The molecule has 1 saturated heterocycles. The van der Waals surface area contributed by atoms with E-state index in [1.165, 1.54) is 12.0 Å². The molecule has 1 aromatic rings. The summed E-state index contributed by atoms with van der Waals surface area (Å²) in [4.78, 5) is 14.9. The molecular weight excluding hydrogens is 234 g/mol. The van der Waals surface area contributed by atoms with E-state index in [1.807, 2.05) is 0 Å². The van der Waals surface area contributed by atoms with E-state index < -0.39 is 0 Å². The molecule has 1 aliphatic carbocycles. The first-order valence-corrected chi connectivity index (χ1v) is 7.51. The molecule has 0 aromatic heterocycles. The SMILES string of the molecule is C[C@]12CCCN(Cc3ccccc3)[C@H]1CCCC2=O. The lowest BCUT2D eigenvalue weighted by atomic mass is 9.65. The van der Waals surface area contributed by atoms with Crippen LogP contribution in [-0.4, -0.2) is 23.3 Å². The molecular formula is C17H23NO. The highest BCUT2D eigenvalue weighted by Crippen LogP contribution is 2.43. The number of carbonyl (C=O) groups excluding carboxylic acids is 1. The van der Waals surface area contributed by atoms with Crippen LogP contribution >= 0.6 is 0 Å². The summed E-state index contributed by atoms with van der Waals surface area (Å²) in [6, 6.07) is 11.1. The highest BCUT2D eigenvalue weighted by Gasteiger charge is 2.47. The third-order valence-corrected chi connectivity index (χ3v) is 5.06. The van der Waals surface area contributed by atoms with Crippen LogP contribution in [0.25, 0.3) is 0 Å². The zero-order chi connectivity index (χ0) is 13.3. The summed E-state index contributed by atoms with van der Waals surface area (Å²) < 4.78 is 0. The largest absolute Gasteiger partial charge is 0.299 e. The predicted molar refractivity (Wildman–Crippen MR) is 76.8 cm³/mol. The van der Waals surface area contributed by atoms with E-state index in [0.717, 1.165) is 38.8 Å². The highest BCUT2D eigenvalue weighted by molar-refractivity contribution is 5.86. The summed E-state index contributed by atoms with van der Waals surface area (Å²) in [7, 11) is 0. The second-order valence-electron chi connectivity index (χ2n) is 6.31. The van der Waals surface area contributed by atoms with Crippen LogP contribution < -0.4 is 0 Å². The van der Waals surface area contributed by atoms with Gasteiger partial charge in [0.2, 0.25) is 0 Å². The van der Waals surface area contributed by atoms with Crippen molar-refractivity contribution in [2.45, 2.75) is 51.6 Å². The molecule has 2 nitrogen and oxygen atoms in total. The molecule has 0 unspecified atom stereocenters. The molecule has 0 radical (unpaired) electrons. The highest BCUT2D eigenvalue weighted by atomic mass is 16.1. The standard InChI is InChI=1S/C17H23NO/c1-17-11-6-12-18(13-14-7-3-2-4-8-14)15(17)9-5-10-16(17)19/h2-4,7-8,15H,5-6,9-13H2,1H3/t15-,17-/m0/s1. The summed E-state index contributed by atoms with van der Waals surface area (Å²) in [6.45, 7) is 4.34. The van der Waals surface area contributed by atoms with Crippen LogP contribution in [0.2, 0.25) is 0 Å². The van der Waals surface area contributed by atoms with Crippen LogP contribution in [0.5, 0.6) is 0 Å². The molecule has 19 heavy (non-hydrogen) atoms. The van der Waals surface area contributed by atoms with Gasteiger partial charge in [-0.05, 0) is 37.8 Å². The van der Waals surface area contributed by atoms with Gasteiger partial charge in [0.15, 0.2) is 0 Å². The molecule has 1 aromatic carbocycles. The zero-order valence-corrected chi connectivity index (χ0v) is 11.8. The molecule has 0 bridgehead atoms. The molecule has 2 heteroatoms. The first kappa shape index (κ1) is 12.9. The number of carbonyl (C=O) groups is 1. The number of piperidine rings is 1. The van der Waals surface area contributed by atoms with Gasteiger partial charge in [0.25, 0.3) is 0 Å². The molecule has 1 aliphatic heterocycles. The summed E-state index contributed by atoms with van der Waals surface area (Å²) >= 11 is 0. The van der Waals surface area contributed by atoms with E-state index >= 15 is 0 Å². The van der Waals surface area contributed by atoms with Crippen LogP contribution in [0.1, 0.15) is 44.6 Å². The van der Waals surface area contributed by atoms with E-state index in [-0.39, 0.29) is 5.41 Å². The van der Waals surface area contributed by atoms with Gasteiger partial charge in [-0.3, -0.25) is 9.69 Å². The Balaban J connectivity index is 1.80. The van der Waals surface area contributed by atoms with Crippen LogP contribution in [-0.2, 0) is 11.3 Å². The van der Waals surface area contributed by atoms with Gasteiger partial charge in [0.05, 0.1) is 0 Å². The summed E-state index contributed by atoms with van der Waals surface area (Å²) in [5.41, 5.74) is 1.29. The number of hydrogen-bond donors (Lipinski definition) is 0. The van der Waals surface area contributed by atoms with E-state index in [1.54, 1.807) is 0 Å². The number of fused-ring (bicyclic) bond motifs is 1. The molecule has 1 saturated carbocycles. The van der Waals surface area contributed by atoms with Gasteiger partial charge < -0.3 is 0 Å². The molecule has 2 fully saturated rings. The van der Waals surface area contributed by atoms with Crippen LogP contribution in [0.3, 0.4) is 0 Å². The lowest BCUT2D eigenvalue weighted by Crippen LogP contribution is -2.56. The minimum absolute atomic E-state index is 0.0781. The Hall–Kier alpha value is -1.15. The molecule has 0 spiro atoms. The Kier molecular flexibility index (Phi) is 3.44. The molecule has 2 atom stereocenters. The van der Waals surface area contributed by atoms with Crippen molar-refractivity contribution >= 4 is 5.78 Å². The lowest BCUT2D eigenvalue weighted by molar-refractivity contribution is -0.139.